The van der Waals surface area contributed by atoms with E-state index in [4.69, 9.17) is 4.98 Å². The number of nitrogens with one attached hydrogen (secondary N) is 1. The van der Waals surface area contributed by atoms with Gasteiger partial charge in [0.25, 0.3) is 0 Å². The third kappa shape index (κ3) is 4.03. The van der Waals surface area contributed by atoms with Gasteiger partial charge in [0.15, 0.2) is 0 Å². The maximum atomic E-state index is 12.7. The Morgan fingerprint density at radius 1 is 1.22 bits per heavy atom. The SMILES string of the molecule is C=Cc1cc(-c2cc(C#N)c(N3CCN(C(=O)CCO)[C@H](C4CC4)C3)nc2C2CC2)c2cc[nH]c2n1. The summed E-state index contributed by atoms with van der Waals surface area (Å²) in [6.45, 7) is 5.66. The molecule has 3 aliphatic rings. The van der Waals surface area contributed by atoms with Gasteiger partial charge in [-0.2, -0.15) is 5.26 Å². The number of aromatic nitrogens is 3. The van der Waals surface area contributed by atoms with Crippen LogP contribution in [0.3, 0.4) is 0 Å². The highest BCUT2D eigenvalue weighted by Crippen LogP contribution is 2.46. The standard InChI is InChI=1S/C28H30N6O2/c1-2-20-14-22(21-7-9-30-27(21)31-20)23-13-19(15-29)28(32-26(23)18-5-6-18)33-10-11-34(25(36)8-12-35)24(16-33)17-3-4-17/h2,7,9,13-14,17-18,24,35H,1,3-6,8,10-12,16H2,(H,30,31)/t24-/m0/s1. The number of hydrogen-bond acceptors (Lipinski definition) is 6. The molecule has 4 heterocycles. The minimum Gasteiger partial charge on any atom is -0.396 e. The number of carbonyl (C=O) groups is 1. The Balaban J connectivity index is 1.41. The average molecular weight is 483 g/mol. The van der Waals surface area contributed by atoms with Crippen molar-refractivity contribution in [2.45, 2.75) is 44.1 Å². The molecule has 2 N–H and O–H groups in total. The Hall–Kier alpha value is -3.70. The van der Waals surface area contributed by atoms with Gasteiger partial charge >= 0.3 is 0 Å². The fraction of sp³-hybridized carbons (Fsp3) is 0.429. The summed E-state index contributed by atoms with van der Waals surface area (Å²) in [6.07, 6.45) is 8.21. The lowest BCUT2D eigenvalue weighted by Crippen LogP contribution is -2.56. The van der Waals surface area contributed by atoms with Gasteiger partial charge in [0.05, 0.1) is 29.6 Å². The molecule has 0 bridgehead atoms. The number of nitrogens with zero attached hydrogens (tertiary/aromatic N) is 5. The topological polar surface area (TPSA) is 109 Å². The van der Waals surface area contributed by atoms with Crippen LogP contribution in [0.2, 0.25) is 0 Å². The summed E-state index contributed by atoms with van der Waals surface area (Å²) in [7, 11) is 0. The van der Waals surface area contributed by atoms with E-state index < -0.39 is 0 Å². The minimum absolute atomic E-state index is 0.0164. The molecule has 3 fully saturated rings. The van der Waals surface area contributed by atoms with Gasteiger partial charge in [-0.1, -0.05) is 6.58 Å². The van der Waals surface area contributed by atoms with Crippen LogP contribution in [-0.4, -0.2) is 63.1 Å². The molecule has 6 rings (SSSR count). The summed E-state index contributed by atoms with van der Waals surface area (Å²) >= 11 is 0. The maximum Gasteiger partial charge on any atom is 0.225 e. The molecule has 3 aromatic heterocycles. The monoisotopic (exact) mass is 482 g/mol. The number of H-pyrrole nitrogens is 1. The van der Waals surface area contributed by atoms with Crippen molar-refractivity contribution >= 4 is 28.8 Å². The van der Waals surface area contributed by atoms with Gasteiger partial charge in [0, 0.05) is 49.1 Å². The second-order valence-electron chi connectivity index (χ2n) is 10.1. The molecule has 0 aromatic carbocycles. The number of pyridine rings is 2. The molecule has 0 spiro atoms. The number of aliphatic hydroxyl groups excluding tert-OH is 1. The van der Waals surface area contributed by atoms with Crippen LogP contribution < -0.4 is 4.90 Å². The van der Waals surface area contributed by atoms with E-state index in [1.165, 1.54) is 0 Å². The van der Waals surface area contributed by atoms with E-state index in [0.29, 0.717) is 37.0 Å². The van der Waals surface area contributed by atoms with E-state index in [-0.39, 0.29) is 25.0 Å². The molecule has 2 saturated carbocycles. The number of fused-ring (bicyclic) bond motifs is 1. The zero-order chi connectivity index (χ0) is 24.8. The van der Waals surface area contributed by atoms with Gasteiger partial charge in [0.2, 0.25) is 5.91 Å². The maximum absolute atomic E-state index is 12.7. The molecule has 0 unspecified atom stereocenters. The Bertz CT molecular complexity index is 1380. The largest absolute Gasteiger partial charge is 0.396 e. The number of anilines is 1. The molecule has 1 atom stereocenters. The molecule has 8 nitrogen and oxygen atoms in total. The summed E-state index contributed by atoms with van der Waals surface area (Å²) in [5.74, 6) is 1.61. The van der Waals surface area contributed by atoms with E-state index in [9.17, 15) is 15.2 Å². The summed E-state index contributed by atoms with van der Waals surface area (Å²) in [5, 5.41) is 20.5. The van der Waals surface area contributed by atoms with Crippen LogP contribution in [0, 0.1) is 17.2 Å². The van der Waals surface area contributed by atoms with Crippen LogP contribution in [0.15, 0.2) is 31.0 Å². The smallest absolute Gasteiger partial charge is 0.225 e. The molecular formula is C28H30N6O2. The number of piperazine rings is 1. The number of aromatic amines is 1. The zero-order valence-corrected chi connectivity index (χ0v) is 20.3. The third-order valence-corrected chi connectivity index (χ3v) is 7.69. The van der Waals surface area contributed by atoms with Crippen LogP contribution in [0.5, 0.6) is 0 Å². The van der Waals surface area contributed by atoms with E-state index in [2.05, 4.69) is 27.5 Å². The normalized spacial score (nSPS) is 19.9. The lowest BCUT2D eigenvalue weighted by Gasteiger charge is -2.42. The van der Waals surface area contributed by atoms with Crippen molar-refractivity contribution in [1.29, 1.82) is 5.26 Å². The molecule has 1 amide bonds. The van der Waals surface area contributed by atoms with Gasteiger partial charge in [-0.15, -0.1) is 0 Å². The molecule has 184 valence electrons. The van der Waals surface area contributed by atoms with Crippen LogP contribution in [0.4, 0.5) is 5.82 Å². The third-order valence-electron chi connectivity index (χ3n) is 7.69. The van der Waals surface area contributed by atoms with E-state index in [0.717, 1.165) is 65.0 Å². The molecule has 1 saturated heterocycles. The summed E-state index contributed by atoms with van der Waals surface area (Å²) in [6, 6.07) is 8.56. The molecular weight excluding hydrogens is 452 g/mol. The number of carbonyl (C=O) groups excluding carboxylic acids is 1. The van der Waals surface area contributed by atoms with Crippen molar-refractivity contribution in [3.63, 3.8) is 0 Å². The van der Waals surface area contributed by atoms with Crippen LogP contribution in [-0.2, 0) is 4.79 Å². The second kappa shape index (κ2) is 9.07. The molecule has 36 heavy (non-hydrogen) atoms. The summed E-state index contributed by atoms with van der Waals surface area (Å²) in [4.78, 5) is 29.8. The van der Waals surface area contributed by atoms with Gasteiger partial charge in [-0.3, -0.25) is 4.79 Å². The molecule has 1 aliphatic heterocycles. The van der Waals surface area contributed by atoms with Gasteiger partial charge in [0.1, 0.15) is 17.5 Å². The lowest BCUT2D eigenvalue weighted by molar-refractivity contribution is -0.135. The first-order chi connectivity index (χ1) is 17.6. The minimum atomic E-state index is -0.125. The van der Waals surface area contributed by atoms with E-state index >= 15 is 0 Å². The van der Waals surface area contributed by atoms with Gasteiger partial charge in [-0.25, -0.2) is 9.97 Å². The van der Waals surface area contributed by atoms with Crippen molar-refractivity contribution in [2.75, 3.05) is 31.1 Å². The van der Waals surface area contributed by atoms with Crippen molar-refractivity contribution in [3.05, 3.63) is 47.9 Å². The highest BCUT2D eigenvalue weighted by atomic mass is 16.3. The Kier molecular flexibility index (Phi) is 5.73. The van der Waals surface area contributed by atoms with Crippen LogP contribution in [0.25, 0.3) is 28.2 Å². The number of nitriles is 1. The van der Waals surface area contributed by atoms with Crippen molar-refractivity contribution < 1.29 is 9.90 Å². The second-order valence-corrected chi connectivity index (χ2v) is 10.1. The van der Waals surface area contributed by atoms with Gasteiger partial charge < -0.3 is 19.9 Å². The van der Waals surface area contributed by atoms with Crippen molar-refractivity contribution in [3.8, 4) is 17.2 Å². The summed E-state index contributed by atoms with van der Waals surface area (Å²) < 4.78 is 0. The van der Waals surface area contributed by atoms with Crippen LogP contribution >= 0.6 is 0 Å². The van der Waals surface area contributed by atoms with Crippen molar-refractivity contribution in [1.82, 2.24) is 19.9 Å². The zero-order valence-electron chi connectivity index (χ0n) is 20.3. The number of hydrogen-bond donors (Lipinski definition) is 2. The first kappa shape index (κ1) is 22.7. The highest BCUT2D eigenvalue weighted by Gasteiger charge is 2.41. The molecule has 0 radical (unpaired) electrons. The lowest BCUT2D eigenvalue weighted by atomic mass is 9.96. The summed E-state index contributed by atoms with van der Waals surface area (Å²) in [5.41, 5.74) is 5.17. The molecule has 2 aliphatic carbocycles. The first-order valence-electron chi connectivity index (χ1n) is 12.8. The van der Waals surface area contributed by atoms with E-state index in [1.54, 1.807) is 6.08 Å². The van der Waals surface area contributed by atoms with E-state index in [1.807, 2.05) is 29.3 Å². The Labute approximate surface area is 210 Å². The Morgan fingerprint density at radius 2 is 2.06 bits per heavy atom. The molecule has 8 heteroatoms. The number of rotatable bonds is 7. The Morgan fingerprint density at radius 3 is 2.75 bits per heavy atom. The highest BCUT2D eigenvalue weighted by molar-refractivity contribution is 5.95. The first-order valence-corrected chi connectivity index (χ1v) is 12.8. The average Bonchev–Trinajstić information content (AvgIpc) is 3.84. The van der Waals surface area contributed by atoms with Crippen LogP contribution in [0.1, 0.15) is 55.0 Å². The fourth-order valence-electron chi connectivity index (χ4n) is 5.55. The fourth-order valence-corrected chi connectivity index (χ4v) is 5.55. The molecule has 3 aromatic rings. The number of aliphatic hydroxyl groups is 1. The quantitative estimate of drug-likeness (QED) is 0.530. The predicted octanol–water partition coefficient (Wildman–Crippen LogP) is 3.83. The predicted molar refractivity (Wildman–Crippen MR) is 138 cm³/mol. The van der Waals surface area contributed by atoms with Crippen molar-refractivity contribution in [2.24, 2.45) is 5.92 Å². The van der Waals surface area contributed by atoms with Gasteiger partial charge in [-0.05, 0) is 61.4 Å². The number of amides is 1.